The molecule has 0 saturated carbocycles. The third-order valence-electron chi connectivity index (χ3n) is 3.64. The summed E-state index contributed by atoms with van der Waals surface area (Å²) in [6.07, 6.45) is 1.75. The molecule has 2 N–H and O–H groups in total. The van der Waals surface area contributed by atoms with Crippen LogP contribution in [0.5, 0.6) is 0 Å². The van der Waals surface area contributed by atoms with E-state index in [1.165, 1.54) is 7.05 Å². The number of hydrogen-bond acceptors (Lipinski definition) is 3. The van der Waals surface area contributed by atoms with Gasteiger partial charge in [-0.2, -0.15) is 0 Å². The van der Waals surface area contributed by atoms with Gasteiger partial charge in [0.15, 0.2) is 0 Å². The molecular formula is C16H28N2O2S. The second-order valence-corrected chi connectivity index (χ2v) is 8.25. The first-order valence-electron chi connectivity index (χ1n) is 7.47. The molecule has 0 amide bonds. The molecule has 120 valence electrons. The van der Waals surface area contributed by atoms with Gasteiger partial charge in [-0.15, -0.1) is 0 Å². The zero-order valence-corrected chi connectivity index (χ0v) is 14.5. The molecule has 0 spiro atoms. The van der Waals surface area contributed by atoms with Gasteiger partial charge < -0.3 is 5.32 Å². The molecule has 0 fully saturated rings. The van der Waals surface area contributed by atoms with Gasteiger partial charge in [-0.1, -0.05) is 45.9 Å². The quantitative estimate of drug-likeness (QED) is 0.813. The Hall–Kier alpha value is -0.910. The molecular weight excluding hydrogens is 284 g/mol. The van der Waals surface area contributed by atoms with Gasteiger partial charge in [0.2, 0.25) is 10.0 Å². The van der Waals surface area contributed by atoms with Gasteiger partial charge in [-0.05, 0) is 43.5 Å². The lowest BCUT2D eigenvalue weighted by Crippen LogP contribution is -2.42. The number of hydrogen-bond donors (Lipinski definition) is 2. The Morgan fingerprint density at radius 2 is 1.81 bits per heavy atom. The van der Waals surface area contributed by atoms with Crippen LogP contribution in [0.4, 0.5) is 0 Å². The minimum absolute atomic E-state index is 0.0612. The summed E-state index contributed by atoms with van der Waals surface area (Å²) in [5.41, 5.74) is 0.918. The summed E-state index contributed by atoms with van der Waals surface area (Å²) < 4.78 is 26.7. The summed E-state index contributed by atoms with van der Waals surface area (Å²) in [4.78, 5) is 0.375. The second-order valence-electron chi connectivity index (χ2n) is 6.39. The van der Waals surface area contributed by atoms with E-state index in [4.69, 9.17) is 0 Å². The molecule has 0 aliphatic carbocycles. The predicted molar refractivity (Wildman–Crippen MR) is 87.9 cm³/mol. The Labute approximate surface area is 129 Å². The molecule has 0 saturated heterocycles. The predicted octanol–water partition coefficient (Wildman–Crippen LogP) is 2.55. The average Bonchev–Trinajstić information content (AvgIpc) is 2.42. The highest BCUT2D eigenvalue weighted by atomic mass is 32.2. The lowest BCUT2D eigenvalue weighted by atomic mass is 9.83. The van der Waals surface area contributed by atoms with Crippen molar-refractivity contribution in [3.8, 4) is 0 Å². The Morgan fingerprint density at radius 1 is 1.19 bits per heavy atom. The Kier molecular flexibility index (Phi) is 6.38. The van der Waals surface area contributed by atoms with Gasteiger partial charge in [0.1, 0.15) is 0 Å². The molecule has 0 aliphatic rings. The van der Waals surface area contributed by atoms with E-state index in [2.05, 4.69) is 37.7 Å². The van der Waals surface area contributed by atoms with Crippen LogP contribution in [0.1, 0.15) is 39.7 Å². The van der Waals surface area contributed by atoms with Gasteiger partial charge in [0.05, 0.1) is 4.90 Å². The van der Waals surface area contributed by atoms with Crippen molar-refractivity contribution in [2.24, 2.45) is 5.41 Å². The highest BCUT2D eigenvalue weighted by Crippen LogP contribution is 2.25. The molecule has 1 atom stereocenters. The van der Waals surface area contributed by atoms with E-state index < -0.39 is 10.0 Å². The maximum Gasteiger partial charge on any atom is 0.240 e. The molecule has 1 aromatic rings. The van der Waals surface area contributed by atoms with E-state index in [1.54, 1.807) is 12.1 Å². The van der Waals surface area contributed by atoms with Gasteiger partial charge in [-0.25, -0.2) is 13.1 Å². The first-order chi connectivity index (χ1) is 9.72. The first kappa shape index (κ1) is 18.1. The minimum atomic E-state index is -3.42. The van der Waals surface area contributed by atoms with Crippen LogP contribution in [0, 0.1) is 5.41 Å². The van der Waals surface area contributed by atoms with Crippen LogP contribution in [0.2, 0.25) is 0 Å². The molecule has 0 aromatic heterocycles. The molecule has 0 aliphatic heterocycles. The van der Waals surface area contributed by atoms with Crippen LogP contribution < -0.4 is 10.0 Å². The standard InChI is InChI=1S/C16H28N2O2S/c1-6-11-18-15(16(2,3)4)12-13-9-7-8-10-14(13)21(19,20)17-5/h7-10,15,17-18H,6,11-12H2,1-5H3. The maximum absolute atomic E-state index is 12.1. The van der Waals surface area contributed by atoms with Crippen molar-refractivity contribution in [3.05, 3.63) is 29.8 Å². The summed E-state index contributed by atoms with van der Waals surface area (Å²) in [5, 5.41) is 3.54. The van der Waals surface area contributed by atoms with Crippen LogP contribution >= 0.6 is 0 Å². The largest absolute Gasteiger partial charge is 0.313 e. The lowest BCUT2D eigenvalue weighted by molar-refractivity contribution is 0.266. The smallest absolute Gasteiger partial charge is 0.240 e. The number of nitrogens with one attached hydrogen (secondary N) is 2. The van der Waals surface area contributed by atoms with Crippen LogP contribution in [-0.4, -0.2) is 28.1 Å². The highest BCUT2D eigenvalue weighted by molar-refractivity contribution is 7.89. The summed E-state index contributed by atoms with van der Waals surface area (Å²) in [7, 11) is -1.97. The maximum atomic E-state index is 12.1. The monoisotopic (exact) mass is 312 g/mol. The zero-order valence-electron chi connectivity index (χ0n) is 13.7. The van der Waals surface area contributed by atoms with Gasteiger partial charge in [0, 0.05) is 6.04 Å². The molecule has 0 bridgehead atoms. The Bertz CT molecular complexity index is 548. The zero-order chi connectivity index (χ0) is 16.1. The minimum Gasteiger partial charge on any atom is -0.313 e. The fourth-order valence-corrected chi connectivity index (χ4v) is 3.24. The fraction of sp³-hybridized carbons (Fsp3) is 0.625. The summed E-state index contributed by atoms with van der Waals surface area (Å²) in [6, 6.07) is 7.45. The van der Waals surface area contributed by atoms with Gasteiger partial charge >= 0.3 is 0 Å². The molecule has 4 nitrogen and oxygen atoms in total. The van der Waals surface area contributed by atoms with E-state index >= 15 is 0 Å². The Morgan fingerprint density at radius 3 is 2.33 bits per heavy atom. The van der Waals surface area contributed by atoms with E-state index in [1.807, 2.05) is 12.1 Å². The SMILES string of the molecule is CCCNC(Cc1ccccc1S(=O)(=O)NC)C(C)(C)C. The molecule has 5 heteroatoms. The summed E-state index contributed by atoms with van der Waals surface area (Å²) in [5.74, 6) is 0. The van der Waals surface area contributed by atoms with Crippen molar-refractivity contribution < 1.29 is 8.42 Å². The molecule has 0 radical (unpaired) electrons. The molecule has 1 rings (SSSR count). The van der Waals surface area contributed by atoms with Crippen LogP contribution in [0.25, 0.3) is 0 Å². The first-order valence-corrected chi connectivity index (χ1v) is 8.95. The fourth-order valence-electron chi connectivity index (χ4n) is 2.27. The normalized spacial score (nSPS) is 14.1. The van der Waals surface area contributed by atoms with Crippen LogP contribution in [0.3, 0.4) is 0 Å². The summed E-state index contributed by atoms with van der Waals surface area (Å²) >= 11 is 0. The number of benzene rings is 1. The Balaban J connectivity index is 3.10. The van der Waals surface area contributed by atoms with Crippen molar-refractivity contribution in [1.82, 2.24) is 10.0 Å². The number of rotatable bonds is 7. The second kappa shape index (κ2) is 7.38. The highest BCUT2D eigenvalue weighted by Gasteiger charge is 2.26. The van der Waals surface area contributed by atoms with E-state index in [9.17, 15) is 8.42 Å². The molecule has 1 aromatic carbocycles. The van der Waals surface area contributed by atoms with E-state index in [0.717, 1.165) is 18.5 Å². The van der Waals surface area contributed by atoms with Crippen molar-refractivity contribution in [2.75, 3.05) is 13.6 Å². The van der Waals surface area contributed by atoms with Crippen LogP contribution in [0.15, 0.2) is 29.2 Å². The third-order valence-corrected chi connectivity index (χ3v) is 5.16. The van der Waals surface area contributed by atoms with Gasteiger partial charge in [0.25, 0.3) is 0 Å². The molecule has 21 heavy (non-hydrogen) atoms. The average molecular weight is 312 g/mol. The summed E-state index contributed by atoms with van der Waals surface area (Å²) in [6.45, 7) is 9.59. The van der Waals surface area contributed by atoms with Crippen molar-refractivity contribution in [3.63, 3.8) is 0 Å². The molecule has 0 heterocycles. The van der Waals surface area contributed by atoms with E-state index in [0.29, 0.717) is 11.3 Å². The van der Waals surface area contributed by atoms with Crippen molar-refractivity contribution in [1.29, 1.82) is 0 Å². The third kappa shape index (κ3) is 5.09. The van der Waals surface area contributed by atoms with Crippen LogP contribution in [-0.2, 0) is 16.4 Å². The van der Waals surface area contributed by atoms with Gasteiger partial charge in [-0.3, -0.25) is 0 Å². The van der Waals surface area contributed by atoms with E-state index in [-0.39, 0.29) is 11.5 Å². The van der Waals surface area contributed by atoms with Crippen molar-refractivity contribution >= 4 is 10.0 Å². The van der Waals surface area contributed by atoms with Crippen molar-refractivity contribution in [2.45, 2.75) is 51.5 Å². The molecule has 1 unspecified atom stereocenters. The lowest BCUT2D eigenvalue weighted by Gasteiger charge is -2.32. The number of sulfonamides is 1. The topological polar surface area (TPSA) is 58.2 Å².